The van der Waals surface area contributed by atoms with Gasteiger partial charge in [0.1, 0.15) is 4.83 Å². The van der Waals surface area contributed by atoms with Crippen molar-refractivity contribution in [3.05, 3.63) is 16.6 Å². The van der Waals surface area contributed by atoms with Gasteiger partial charge in [0.2, 0.25) is 0 Å². The molecule has 1 N–H and O–H groups in total. The van der Waals surface area contributed by atoms with E-state index in [1.807, 2.05) is 27.0 Å². The van der Waals surface area contributed by atoms with Gasteiger partial charge < -0.3 is 10.0 Å². The standard InChI is InChI=1S/C12H17N3O2S/c1-7(6-16)14(3)11(17)10-5-9-8(2)13-15(4)12(9)18-10/h5,7,16H,6H2,1-4H3. The molecule has 5 nitrogen and oxygen atoms in total. The van der Waals surface area contributed by atoms with Crippen molar-refractivity contribution in [1.82, 2.24) is 14.7 Å². The molecule has 2 rings (SSSR count). The van der Waals surface area contributed by atoms with E-state index in [0.717, 1.165) is 15.9 Å². The number of aliphatic hydroxyl groups excluding tert-OH is 1. The monoisotopic (exact) mass is 267 g/mol. The van der Waals surface area contributed by atoms with E-state index in [9.17, 15) is 4.79 Å². The highest BCUT2D eigenvalue weighted by molar-refractivity contribution is 7.20. The average Bonchev–Trinajstić information content (AvgIpc) is 2.89. The predicted molar refractivity (Wildman–Crippen MR) is 72.0 cm³/mol. The molecule has 0 saturated carbocycles. The molecule has 0 saturated heterocycles. The number of fused-ring (bicyclic) bond motifs is 1. The topological polar surface area (TPSA) is 58.4 Å². The quantitative estimate of drug-likeness (QED) is 0.914. The number of nitrogens with zero attached hydrogens (tertiary/aromatic N) is 3. The lowest BCUT2D eigenvalue weighted by atomic mass is 10.2. The van der Waals surface area contributed by atoms with E-state index in [0.29, 0.717) is 4.88 Å². The normalized spacial score (nSPS) is 12.9. The first kappa shape index (κ1) is 13.0. The van der Waals surface area contributed by atoms with Gasteiger partial charge in [-0.1, -0.05) is 0 Å². The number of carbonyl (C=O) groups is 1. The van der Waals surface area contributed by atoms with Crippen LogP contribution in [0.15, 0.2) is 6.07 Å². The van der Waals surface area contributed by atoms with Crippen LogP contribution in [0.4, 0.5) is 0 Å². The Morgan fingerprint density at radius 2 is 2.33 bits per heavy atom. The van der Waals surface area contributed by atoms with Crippen LogP contribution in [-0.2, 0) is 7.05 Å². The van der Waals surface area contributed by atoms with Crippen LogP contribution in [0.2, 0.25) is 0 Å². The molecular formula is C12H17N3O2S. The van der Waals surface area contributed by atoms with E-state index in [1.165, 1.54) is 11.3 Å². The fourth-order valence-corrected chi connectivity index (χ4v) is 2.91. The molecule has 98 valence electrons. The summed E-state index contributed by atoms with van der Waals surface area (Å²) in [5.41, 5.74) is 0.931. The molecule has 1 atom stereocenters. The summed E-state index contributed by atoms with van der Waals surface area (Å²) in [6.45, 7) is 3.72. The summed E-state index contributed by atoms with van der Waals surface area (Å²) in [6.07, 6.45) is 0. The molecule has 0 aromatic carbocycles. The average molecular weight is 267 g/mol. The molecule has 0 spiro atoms. The van der Waals surface area contributed by atoms with Crippen LogP contribution in [0.5, 0.6) is 0 Å². The molecule has 0 aliphatic heterocycles. The van der Waals surface area contributed by atoms with Gasteiger partial charge in [-0.15, -0.1) is 11.3 Å². The van der Waals surface area contributed by atoms with Gasteiger partial charge in [-0.3, -0.25) is 9.48 Å². The lowest BCUT2D eigenvalue weighted by Crippen LogP contribution is -2.36. The Labute approximate surface area is 110 Å². The van der Waals surface area contributed by atoms with Crippen molar-refractivity contribution < 1.29 is 9.90 Å². The summed E-state index contributed by atoms with van der Waals surface area (Å²) in [5, 5.41) is 14.4. The number of amides is 1. The zero-order valence-corrected chi connectivity index (χ0v) is 11.8. The smallest absolute Gasteiger partial charge is 0.264 e. The minimum absolute atomic E-state index is 0.0340. The molecule has 0 bridgehead atoms. The molecule has 2 heterocycles. The van der Waals surface area contributed by atoms with Crippen LogP contribution in [-0.4, -0.2) is 45.4 Å². The van der Waals surface area contributed by atoms with E-state index < -0.39 is 0 Å². The van der Waals surface area contributed by atoms with Crippen molar-refractivity contribution in [1.29, 1.82) is 0 Å². The Morgan fingerprint density at radius 3 is 2.89 bits per heavy atom. The Bertz CT molecular complexity index is 553. The first-order chi connectivity index (χ1) is 8.45. The maximum absolute atomic E-state index is 12.2. The number of likely N-dealkylation sites (N-methyl/N-ethyl adjacent to an activating group) is 1. The van der Waals surface area contributed by atoms with Gasteiger partial charge >= 0.3 is 0 Å². The molecule has 1 unspecified atom stereocenters. The number of aromatic nitrogens is 2. The summed E-state index contributed by atoms with van der Waals surface area (Å²) in [4.78, 5) is 15.5. The second-order valence-corrected chi connectivity index (χ2v) is 5.52. The first-order valence-electron chi connectivity index (χ1n) is 5.76. The highest BCUT2D eigenvalue weighted by Crippen LogP contribution is 2.28. The SMILES string of the molecule is Cc1nn(C)c2sc(C(=O)N(C)C(C)CO)cc12. The molecule has 1 amide bonds. The third kappa shape index (κ3) is 2.02. The Hall–Kier alpha value is -1.40. The number of aliphatic hydroxyl groups is 1. The summed E-state index contributed by atoms with van der Waals surface area (Å²) in [7, 11) is 3.58. The number of rotatable bonds is 3. The van der Waals surface area contributed by atoms with Crippen LogP contribution >= 0.6 is 11.3 Å². The van der Waals surface area contributed by atoms with E-state index in [-0.39, 0.29) is 18.6 Å². The summed E-state index contributed by atoms with van der Waals surface area (Å²) in [6, 6.07) is 1.70. The molecule has 0 aliphatic carbocycles. The van der Waals surface area contributed by atoms with E-state index in [1.54, 1.807) is 16.6 Å². The highest BCUT2D eigenvalue weighted by Gasteiger charge is 2.20. The predicted octanol–water partition coefficient (Wildman–Crippen LogP) is 1.40. The lowest BCUT2D eigenvalue weighted by Gasteiger charge is -2.22. The van der Waals surface area contributed by atoms with Gasteiger partial charge in [0.15, 0.2) is 0 Å². The molecule has 0 aliphatic rings. The lowest BCUT2D eigenvalue weighted by molar-refractivity contribution is 0.0687. The minimum atomic E-state index is -0.179. The van der Waals surface area contributed by atoms with Gasteiger partial charge in [0, 0.05) is 19.5 Å². The largest absolute Gasteiger partial charge is 0.394 e. The number of aryl methyl sites for hydroxylation is 2. The van der Waals surface area contributed by atoms with Crippen molar-refractivity contribution in [2.45, 2.75) is 19.9 Å². The van der Waals surface area contributed by atoms with Crippen molar-refractivity contribution in [2.75, 3.05) is 13.7 Å². The maximum Gasteiger partial charge on any atom is 0.264 e. The van der Waals surface area contributed by atoms with Crippen LogP contribution < -0.4 is 0 Å². The van der Waals surface area contributed by atoms with Gasteiger partial charge in [-0.05, 0) is 19.9 Å². The number of hydrogen-bond donors (Lipinski definition) is 1. The molecule has 6 heteroatoms. The van der Waals surface area contributed by atoms with Crippen LogP contribution in [0.25, 0.3) is 10.2 Å². The third-order valence-corrected chi connectivity index (χ3v) is 4.34. The second-order valence-electron chi connectivity index (χ2n) is 4.49. The molecular weight excluding hydrogens is 250 g/mol. The number of hydrogen-bond acceptors (Lipinski definition) is 4. The van der Waals surface area contributed by atoms with Gasteiger partial charge in [0.05, 0.1) is 23.2 Å². The van der Waals surface area contributed by atoms with Crippen molar-refractivity contribution in [3.63, 3.8) is 0 Å². The summed E-state index contributed by atoms with van der Waals surface area (Å²) in [5.74, 6) is -0.0582. The third-order valence-electron chi connectivity index (χ3n) is 3.15. The number of carbonyl (C=O) groups excluding carboxylic acids is 1. The van der Waals surface area contributed by atoms with Gasteiger partial charge in [-0.25, -0.2) is 0 Å². The van der Waals surface area contributed by atoms with Crippen LogP contribution in [0.1, 0.15) is 22.3 Å². The number of thiophene rings is 1. The van der Waals surface area contributed by atoms with Gasteiger partial charge in [-0.2, -0.15) is 5.10 Å². The fourth-order valence-electron chi connectivity index (χ4n) is 1.81. The van der Waals surface area contributed by atoms with Crippen LogP contribution in [0.3, 0.4) is 0 Å². The van der Waals surface area contributed by atoms with Crippen LogP contribution in [0, 0.1) is 6.92 Å². The van der Waals surface area contributed by atoms with Crippen molar-refractivity contribution in [2.24, 2.45) is 7.05 Å². The second kappa shape index (κ2) is 4.70. The van der Waals surface area contributed by atoms with E-state index in [2.05, 4.69) is 5.10 Å². The van der Waals surface area contributed by atoms with E-state index in [4.69, 9.17) is 5.11 Å². The Morgan fingerprint density at radius 1 is 1.67 bits per heavy atom. The highest BCUT2D eigenvalue weighted by atomic mass is 32.1. The molecule has 2 aromatic rings. The molecule has 0 radical (unpaired) electrons. The maximum atomic E-state index is 12.2. The van der Waals surface area contributed by atoms with E-state index >= 15 is 0 Å². The first-order valence-corrected chi connectivity index (χ1v) is 6.58. The van der Waals surface area contributed by atoms with Crippen molar-refractivity contribution in [3.8, 4) is 0 Å². The molecule has 18 heavy (non-hydrogen) atoms. The summed E-state index contributed by atoms with van der Waals surface area (Å²) >= 11 is 1.44. The fraction of sp³-hybridized carbons (Fsp3) is 0.500. The van der Waals surface area contributed by atoms with Gasteiger partial charge in [0.25, 0.3) is 5.91 Å². The summed E-state index contributed by atoms with van der Waals surface area (Å²) < 4.78 is 1.79. The zero-order valence-electron chi connectivity index (χ0n) is 11.0. The minimum Gasteiger partial charge on any atom is -0.394 e. The zero-order chi connectivity index (χ0) is 13.4. The molecule has 0 fully saturated rings. The van der Waals surface area contributed by atoms with Crippen molar-refractivity contribution >= 4 is 27.5 Å². The Kier molecular flexibility index (Phi) is 3.41. The Balaban J connectivity index is 2.37. The molecule has 2 aromatic heterocycles.